The minimum absolute atomic E-state index is 0.0538. The van der Waals surface area contributed by atoms with E-state index < -0.39 is 24.8 Å². The Bertz CT molecular complexity index is 490. The molecule has 1 aromatic rings. The summed E-state index contributed by atoms with van der Waals surface area (Å²) in [5, 5.41) is 28.6. The van der Waals surface area contributed by atoms with E-state index in [2.05, 4.69) is 0 Å². The van der Waals surface area contributed by atoms with E-state index in [4.69, 9.17) is 9.84 Å². The van der Waals surface area contributed by atoms with Gasteiger partial charge >= 0.3 is 5.97 Å². The molecule has 0 heterocycles. The van der Waals surface area contributed by atoms with Crippen LogP contribution in [-0.4, -0.2) is 44.9 Å². The number of hydrogen-bond acceptors (Lipinski definition) is 6. The molecule has 0 aliphatic rings. The van der Waals surface area contributed by atoms with Gasteiger partial charge in [0.2, 0.25) is 0 Å². The number of hydrogen-bond donors (Lipinski definition) is 3. The molecule has 0 saturated carbocycles. The first kappa shape index (κ1) is 17.5. The number of aliphatic carboxylic acids is 1. The minimum Gasteiger partial charge on any atom is -0.482 e. The van der Waals surface area contributed by atoms with Crippen LogP contribution in [0, 0.1) is 0 Å². The van der Waals surface area contributed by atoms with Crippen LogP contribution in [0.3, 0.4) is 0 Å². The van der Waals surface area contributed by atoms with Crippen molar-refractivity contribution in [3.05, 3.63) is 29.8 Å². The number of para-hydroxylation sites is 1. The highest BCUT2D eigenvalue weighted by Gasteiger charge is 2.22. The van der Waals surface area contributed by atoms with Crippen molar-refractivity contribution in [2.24, 2.45) is 0 Å². The predicted octanol–water partition coefficient (Wildman–Crippen LogP) is 1.21. The van der Waals surface area contributed by atoms with Gasteiger partial charge in [0.15, 0.2) is 11.7 Å². The Morgan fingerprint density at radius 1 is 1.29 bits per heavy atom. The standard InChI is InChI=1S/C14H18O6S/c1-9(15)21-7-6-11(16)14(19)10-4-2-3-5-12(10)20-8-13(17)18/h2-5,11,14,16,19H,6-8H2,1H3,(H,17,18). The van der Waals surface area contributed by atoms with E-state index >= 15 is 0 Å². The molecule has 0 aliphatic carbocycles. The van der Waals surface area contributed by atoms with Gasteiger partial charge in [0, 0.05) is 18.2 Å². The molecule has 6 nitrogen and oxygen atoms in total. The summed E-state index contributed by atoms with van der Waals surface area (Å²) in [6.45, 7) is 0.905. The topological polar surface area (TPSA) is 104 Å². The zero-order chi connectivity index (χ0) is 15.8. The number of benzene rings is 1. The van der Waals surface area contributed by atoms with Crippen LogP contribution in [0.1, 0.15) is 25.0 Å². The van der Waals surface area contributed by atoms with Crippen molar-refractivity contribution in [1.29, 1.82) is 0 Å². The normalized spacial score (nSPS) is 13.5. The first-order chi connectivity index (χ1) is 9.91. The first-order valence-electron chi connectivity index (χ1n) is 6.35. The maximum atomic E-state index is 10.8. The highest BCUT2D eigenvalue weighted by Crippen LogP contribution is 2.28. The molecule has 2 unspecified atom stereocenters. The van der Waals surface area contributed by atoms with Crippen LogP contribution in [0.2, 0.25) is 0 Å². The average molecular weight is 314 g/mol. The fourth-order valence-corrected chi connectivity index (χ4v) is 2.33. The van der Waals surface area contributed by atoms with Gasteiger partial charge in [-0.1, -0.05) is 30.0 Å². The largest absolute Gasteiger partial charge is 0.482 e. The van der Waals surface area contributed by atoms with Gasteiger partial charge in [-0.3, -0.25) is 4.79 Å². The number of aliphatic hydroxyl groups excluding tert-OH is 2. The Morgan fingerprint density at radius 2 is 1.95 bits per heavy atom. The molecule has 0 fully saturated rings. The summed E-state index contributed by atoms with van der Waals surface area (Å²) in [5.74, 6) is -0.519. The maximum Gasteiger partial charge on any atom is 0.341 e. The quantitative estimate of drug-likeness (QED) is 0.662. The van der Waals surface area contributed by atoms with Crippen molar-refractivity contribution >= 4 is 22.8 Å². The highest BCUT2D eigenvalue weighted by molar-refractivity contribution is 8.13. The minimum atomic E-state index is -1.21. The Hall–Kier alpha value is -1.57. The summed E-state index contributed by atoms with van der Waals surface area (Å²) < 4.78 is 5.08. The Kier molecular flexibility index (Phi) is 7.21. The van der Waals surface area contributed by atoms with Crippen molar-refractivity contribution < 1.29 is 29.6 Å². The molecule has 0 saturated heterocycles. The lowest BCUT2D eigenvalue weighted by Gasteiger charge is -2.20. The van der Waals surface area contributed by atoms with Gasteiger partial charge in [-0.15, -0.1) is 0 Å². The SMILES string of the molecule is CC(=O)SCCC(O)C(O)c1ccccc1OCC(=O)O. The van der Waals surface area contributed by atoms with Crippen molar-refractivity contribution in [3.8, 4) is 5.75 Å². The first-order valence-corrected chi connectivity index (χ1v) is 7.33. The van der Waals surface area contributed by atoms with Gasteiger partial charge in [0.05, 0.1) is 6.10 Å². The monoisotopic (exact) mass is 314 g/mol. The van der Waals surface area contributed by atoms with Crippen LogP contribution in [0.5, 0.6) is 5.75 Å². The molecular formula is C14H18O6S. The summed E-state index contributed by atoms with van der Waals surface area (Å²) in [7, 11) is 0. The zero-order valence-electron chi connectivity index (χ0n) is 11.6. The number of thioether (sulfide) groups is 1. The second-order valence-electron chi connectivity index (χ2n) is 4.36. The van der Waals surface area contributed by atoms with Gasteiger partial charge in [-0.05, 0) is 12.5 Å². The maximum absolute atomic E-state index is 10.8. The van der Waals surface area contributed by atoms with Crippen LogP contribution in [0.25, 0.3) is 0 Å². The third-order valence-electron chi connectivity index (χ3n) is 2.67. The molecule has 1 aromatic carbocycles. The predicted molar refractivity (Wildman–Crippen MR) is 78.3 cm³/mol. The van der Waals surface area contributed by atoms with E-state index in [0.29, 0.717) is 11.3 Å². The van der Waals surface area contributed by atoms with Crippen molar-refractivity contribution in [1.82, 2.24) is 0 Å². The number of rotatable bonds is 8. The molecule has 0 radical (unpaired) electrons. The smallest absolute Gasteiger partial charge is 0.341 e. The van der Waals surface area contributed by atoms with Crippen LogP contribution >= 0.6 is 11.8 Å². The summed E-state index contributed by atoms with van der Waals surface area (Å²) in [6, 6.07) is 6.39. The molecular weight excluding hydrogens is 296 g/mol. The third kappa shape index (κ3) is 6.16. The van der Waals surface area contributed by atoms with Crippen LogP contribution in [0.4, 0.5) is 0 Å². The lowest BCUT2D eigenvalue weighted by molar-refractivity contribution is -0.139. The Balaban J connectivity index is 2.69. The van der Waals surface area contributed by atoms with E-state index in [1.807, 2.05) is 0 Å². The van der Waals surface area contributed by atoms with Gasteiger partial charge in [-0.2, -0.15) is 0 Å². The Morgan fingerprint density at radius 3 is 2.57 bits per heavy atom. The van der Waals surface area contributed by atoms with Crippen molar-refractivity contribution in [3.63, 3.8) is 0 Å². The fourth-order valence-electron chi connectivity index (χ4n) is 1.68. The van der Waals surface area contributed by atoms with Gasteiger partial charge < -0.3 is 20.1 Å². The molecule has 2 atom stereocenters. The van der Waals surface area contributed by atoms with Crippen LogP contribution in [0.15, 0.2) is 24.3 Å². The van der Waals surface area contributed by atoms with Crippen LogP contribution < -0.4 is 4.74 Å². The number of carboxylic acid groups (broad SMARTS) is 1. The van der Waals surface area contributed by atoms with Gasteiger partial charge in [0.1, 0.15) is 11.9 Å². The lowest BCUT2D eigenvalue weighted by atomic mass is 10.0. The molecule has 0 amide bonds. The van der Waals surface area contributed by atoms with Crippen molar-refractivity contribution in [2.75, 3.05) is 12.4 Å². The van der Waals surface area contributed by atoms with Gasteiger partial charge in [-0.25, -0.2) is 4.79 Å². The number of carbonyl (C=O) groups is 2. The number of carboxylic acids is 1. The number of aliphatic hydroxyl groups is 2. The van der Waals surface area contributed by atoms with E-state index in [-0.39, 0.29) is 17.3 Å². The summed E-state index contributed by atoms with van der Waals surface area (Å²) in [4.78, 5) is 21.3. The van der Waals surface area contributed by atoms with E-state index in [1.165, 1.54) is 13.0 Å². The van der Waals surface area contributed by atoms with E-state index in [1.54, 1.807) is 18.2 Å². The molecule has 7 heteroatoms. The molecule has 1 rings (SSSR count). The van der Waals surface area contributed by atoms with Crippen LogP contribution in [-0.2, 0) is 9.59 Å². The average Bonchev–Trinajstić information content (AvgIpc) is 2.44. The molecule has 0 spiro atoms. The van der Waals surface area contributed by atoms with Crippen molar-refractivity contribution in [2.45, 2.75) is 25.6 Å². The second-order valence-corrected chi connectivity index (χ2v) is 5.63. The zero-order valence-corrected chi connectivity index (χ0v) is 12.4. The summed E-state index contributed by atoms with van der Waals surface area (Å²) >= 11 is 1.07. The number of ether oxygens (including phenoxy) is 1. The Labute approximate surface area is 126 Å². The fraction of sp³-hybridized carbons (Fsp3) is 0.429. The molecule has 21 heavy (non-hydrogen) atoms. The number of carbonyl (C=O) groups excluding carboxylic acids is 1. The molecule has 0 bridgehead atoms. The van der Waals surface area contributed by atoms with E-state index in [0.717, 1.165) is 11.8 Å². The second kappa shape index (κ2) is 8.66. The third-order valence-corrected chi connectivity index (χ3v) is 3.52. The lowest BCUT2D eigenvalue weighted by Crippen LogP contribution is -2.20. The molecule has 0 aromatic heterocycles. The van der Waals surface area contributed by atoms with E-state index in [9.17, 15) is 19.8 Å². The highest BCUT2D eigenvalue weighted by atomic mass is 32.2. The molecule has 3 N–H and O–H groups in total. The molecule has 116 valence electrons. The van der Waals surface area contributed by atoms with Gasteiger partial charge in [0.25, 0.3) is 0 Å². The summed E-state index contributed by atoms with van der Waals surface area (Å²) in [6.07, 6.45) is -2.03. The summed E-state index contributed by atoms with van der Waals surface area (Å²) in [5.41, 5.74) is 0.319. The molecule has 0 aliphatic heterocycles.